The Morgan fingerprint density at radius 1 is 1.26 bits per heavy atom. The van der Waals surface area contributed by atoms with E-state index in [4.69, 9.17) is 4.74 Å². The molecule has 2 rings (SSSR count). The van der Waals surface area contributed by atoms with Crippen molar-refractivity contribution in [3.8, 4) is 5.88 Å². The first-order valence-corrected chi connectivity index (χ1v) is 6.31. The molecule has 0 unspecified atom stereocenters. The number of hydrogen-bond donors (Lipinski definition) is 1. The number of aryl methyl sites for hydroxylation is 2. The van der Waals surface area contributed by atoms with Gasteiger partial charge >= 0.3 is 0 Å². The minimum absolute atomic E-state index is 0.597. The van der Waals surface area contributed by atoms with Crippen LogP contribution < -0.4 is 10.1 Å². The molecule has 0 saturated heterocycles. The van der Waals surface area contributed by atoms with Crippen LogP contribution in [0.25, 0.3) is 0 Å². The van der Waals surface area contributed by atoms with Gasteiger partial charge in [0.05, 0.1) is 6.61 Å². The second kappa shape index (κ2) is 6.13. The number of pyridine rings is 1. The van der Waals surface area contributed by atoms with Gasteiger partial charge in [-0.2, -0.15) is 4.98 Å². The van der Waals surface area contributed by atoms with Crippen molar-refractivity contribution in [3.63, 3.8) is 0 Å². The highest BCUT2D eigenvalue weighted by Crippen LogP contribution is 2.15. The van der Waals surface area contributed by atoms with Gasteiger partial charge in [-0.15, -0.1) is 0 Å². The van der Waals surface area contributed by atoms with E-state index in [-0.39, 0.29) is 0 Å². The van der Waals surface area contributed by atoms with Gasteiger partial charge in [0.25, 0.3) is 0 Å². The van der Waals surface area contributed by atoms with Crippen LogP contribution in [0.1, 0.15) is 23.9 Å². The Morgan fingerprint density at radius 3 is 2.84 bits per heavy atom. The maximum Gasteiger partial charge on any atom is 0.218 e. The van der Waals surface area contributed by atoms with Crippen molar-refractivity contribution in [3.05, 3.63) is 41.5 Å². The molecule has 1 N–H and O–H groups in total. The van der Waals surface area contributed by atoms with Crippen molar-refractivity contribution < 1.29 is 4.74 Å². The van der Waals surface area contributed by atoms with E-state index in [2.05, 4.69) is 20.3 Å². The molecule has 0 aliphatic rings. The third-order valence-corrected chi connectivity index (χ3v) is 2.70. The minimum Gasteiger partial charge on any atom is -0.478 e. The van der Waals surface area contributed by atoms with E-state index in [1.807, 2.05) is 39.1 Å². The topological polar surface area (TPSA) is 59.9 Å². The van der Waals surface area contributed by atoms with Crippen molar-refractivity contribution in [1.29, 1.82) is 0 Å². The molecule has 19 heavy (non-hydrogen) atoms. The fourth-order valence-electron chi connectivity index (χ4n) is 1.74. The number of ether oxygens (including phenoxy) is 1. The van der Waals surface area contributed by atoms with Gasteiger partial charge in [0, 0.05) is 25.0 Å². The molecule has 2 aromatic rings. The second-order valence-electron chi connectivity index (χ2n) is 4.23. The van der Waals surface area contributed by atoms with Crippen LogP contribution in [0.4, 0.5) is 5.82 Å². The average molecular weight is 258 g/mol. The molecule has 2 heterocycles. The summed E-state index contributed by atoms with van der Waals surface area (Å²) < 4.78 is 5.40. The summed E-state index contributed by atoms with van der Waals surface area (Å²) in [5, 5.41) is 3.28. The molecule has 0 aliphatic carbocycles. The van der Waals surface area contributed by atoms with E-state index in [1.54, 1.807) is 6.20 Å². The van der Waals surface area contributed by atoms with E-state index in [1.165, 1.54) is 5.56 Å². The van der Waals surface area contributed by atoms with Gasteiger partial charge in [0.15, 0.2) is 0 Å². The monoisotopic (exact) mass is 258 g/mol. The van der Waals surface area contributed by atoms with Crippen LogP contribution >= 0.6 is 0 Å². The first kappa shape index (κ1) is 13.3. The van der Waals surface area contributed by atoms with E-state index in [0.29, 0.717) is 24.9 Å². The smallest absolute Gasteiger partial charge is 0.218 e. The van der Waals surface area contributed by atoms with Gasteiger partial charge in [-0.05, 0) is 38.0 Å². The zero-order valence-corrected chi connectivity index (χ0v) is 11.5. The maximum atomic E-state index is 5.40. The van der Waals surface area contributed by atoms with Crippen molar-refractivity contribution in [2.45, 2.75) is 27.3 Å². The SMILES string of the molecule is CCOc1cc(NCc2ccncc2C)nc(C)n1. The van der Waals surface area contributed by atoms with Crippen LogP contribution in [0.5, 0.6) is 5.88 Å². The summed E-state index contributed by atoms with van der Waals surface area (Å²) in [6.45, 7) is 7.13. The number of nitrogens with zero attached hydrogens (tertiary/aromatic N) is 3. The van der Waals surface area contributed by atoms with E-state index in [9.17, 15) is 0 Å². The fourth-order valence-corrected chi connectivity index (χ4v) is 1.74. The highest BCUT2D eigenvalue weighted by molar-refractivity contribution is 5.39. The highest BCUT2D eigenvalue weighted by atomic mass is 16.5. The lowest BCUT2D eigenvalue weighted by atomic mass is 10.1. The van der Waals surface area contributed by atoms with Crippen LogP contribution in [0.2, 0.25) is 0 Å². The van der Waals surface area contributed by atoms with Crippen LogP contribution in [-0.2, 0) is 6.54 Å². The number of nitrogens with one attached hydrogen (secondary N) is 1. The number of aromatic nitrogens is 3. The highest BCUT2D eigenvalue weighted by Gasteiger charge is 2.03. The molecule has 0 saturated carbocycles. The summed E-state index contributed by atoms with van der Waals surface area (Å²) in [6, 6.07) is 3.81. The van der Waals surface area contributed by atoms with Crippen LogP contribution in [0.3, 0.4) is 0 Å². The van der Waals surface area contributed by atoms with Gasteiger partial charge < -0.3 is 10.1 Å². The fraction of sp³-hybridized carbons (Fsp3) is 0.357. The quantitative estimate of drug-likeness (QED) is 0.892. The van der Waals surface area contributed by atoms with Gasteiger partial charge in [-0.25, -0.2) is 4.98 Å². The molecular weight excluding hydrogens is 240 g/mol. The van der Waals surface area contributed by atoms with Gasteiger partial charge in [-0.1, -0.05) is 0 Å². The Labute approximate surface area is 113 Å². The molecule has 0 fully saturated rings. The minimum atomic E-state index is 0.597. The largest absolute Gasteiger partial charge is 0.478 e. The molecule has 0 amide bonds. The Kier molecular flexibility index (Phi) is 4.28. The first-order chi connectivity index (χ1) is 9.19. The Bertz CT molecular complexity index is 557. The molecule has 5 heteroatoms. The van der Waals surface area contributed by atoms with Crippen LogP contribution in [-0.4, -0.2) is 21.6 Å². The Morgan fingerprint density at radius 2 is 2.11 bits per heavy atom. The molecule has 0 radical (unpaired) electrons. The van der Waals surface area contributed by atoms with Gasteiger partial charge in [-0.3, -0.25) is 4.98 Å². The van der Waals surface area contributed by atoms with Crippen molar-refractivity contribution in [1.82, 2.24) is 15.0 Å². The summed E-state index contributed by atoms with van der Waals surface area (Å²) in [4.78, 5) is 12.6. The molecule has 5 nitrogen and oxygen atoms in total. The van der Waals surface area contributed by atoms with Crippen LogP contribution in [0.15, 0.2) is 24.5 Å². The lowest BCUT2D eigenvalue weighted by molar-refractivity contribution is 0.325. The standard InChI is InChI=1S/C14H18N4O/c1-4-19-14-7-13(17-11(3)18-14)16-9-12-5-6-15-8-10(12)2/h5-8H,4,9H2,1-3H3,(H,16,17,18). The lowest BCUT2D eigenvalue weighted by Gasteiger charge is -2.10. The predicted molar refractivity (Wildman–Crippen MR) is 74.2 cm³/mol. The molecular formula is C14H18N4O. The van der Waals surface area contributed by atoms with E-state index < -0.39 is 0 Å². The van der Waals surface area contributed by atoms with Crippen molar-refractivity contribution in [2.75, 3.05) is 11.9 Å². The van der Waals surface area contributed by atoms with E-state index >= 15 is 0 Å². The molecule has 0 bridgehead atoms. The number of rotatable bonds is 5. The summed E-state index contributed by atoms with van der Waals surface area (Å²) >= 11 is 0. The summed E-state index contributed by atoms with van der Waals surface area (Å²) in [5.74, 6) is 2.07. The third-order valence-electron chi connectivity index (χ3n) is 2.70. The summed E-state index contributed by atoms with van der Waals surface area (Å²) in [6.07, 6.45) is 3.65. The molecule has 0 spiro atoms. The lowest BCUT2D eigenvalue weighted by Crippen LogP contribution is -2.06. The predicted octanol–water partition coefficient (Wildman–Crippen LogP) is 2.50. The number of hydrogen-bond acceptors (Lipinski definition) is 5. The van der Waals surface area contributed by atoms with Crippen molar-refractivity contribution >= 4 is 5.82 Å². The molecule has 0 aliphatic heterocycles. The van der Waals surface area contributed by atoms with E-state index in [0.717, 1.165) is 11.4 Å². The average Bonchev–Trinajstić information content (AvgIpc) is 2.37. The maximum absolute atomic E-state index is 5.40. The third kappa shape index (κ3) is 3.64. The van der Waals surface area contributed by atoms with Gasteiger partial charge in [0.2, 0.25) is 5.88 Å². The van der Waals surface area contributed by atoms with Crippen LogP contribution in [0, 0.1) is 13.8 Å². The Hall–Kier alpha value is -2.17. The molecule has 0 aromatic carbocycles. The van der Waals surface area contributed by atoms with Gasteiger partial charge in [0.1, 0.15) is 11.6 Å². The second-order valence-corrected chi connectivity index (χ2v) is 4.23. The number of anilines is 1. The molecule has 2 aromatic heterocycles. The zero-order chi connectivity index (χ0) is 13.7. The molecule has 0 atom stereocenters. The summed E-state index contributed by atoms with van der Waals surface area (Å²) in [5.41, 5.74) is 2.36. The Balaban J connectivity index is 2.09. The normalized spacial score (nSPS) is 10.3. The zero-order valence-electron chi connectivity index (χ0n) is 11.5. The molecule has 100 valence electrons. The van der Waals surface area contributed by atoms with Crippen molar-refractivity contribution in [2.24, 2.45) is 0 Å². The summed E-state index contributed by atoms with van der Waals surface area (Å²) in [7, 11) is 0. The first-order valence-electron chi connectivity index (χ1n) is 6.31.